The second-order valence-corrected chi connectivity index (χ2v) is 4.20. The van der Waals surface area contributed by atoms with Gasteiger partial charge in [-0.15, -0.1) is 0 Å². The lowest BCUT2D eigenvalue weighted by Gasteiger charge is -2.27. The third-order valence-corrected chi connectivity index (χ3v) is 3.04. The van der Waals surface area contributed by atoms with E-state index in [1.165, 1.54) is 5.69 Å². The molecule has 0 aromatic carbocycles. The molecule has 4 nitrogen and oxygen atoms in total. The van der Waals surface area contributed by atoms with Crippen molar-refractivity contribution in [3.8, 4) is 5.69 Å². The molecule has 0 amide bonds. The van der Waals surface area contributed by atoms with Gasteiger partial charge in [-0.1, -0.05) is 0 Å². The zero-order chi connectivity index (χ0) is 11.0. The molecule has 82 valence electrons. The molecule has 3 rings (SSSR count). The van der Waals surface area contributed by atoms with Crippen LogP contribution in [-0.2, 0) is 0 Å². The third-order valence-electron chi connectivity index (χ3n) is 3.04. The summed E-state index contributed by atoms with van der Waals surface area (Å²) in [5.74, 6) is 0.587. The van der Waals surface area contributed by atoms with Gasteiger partial charge in [0.2, 0.25) is 0 Å². The Kier molecular flexibility index (Phi) is 2.22. The maximum absolute atomic E-state index is 4.32. The normalized spacial score (nSPS) is 16.1. The van der Waals surface area contributed by atoms with E-state index >= 15 is 0 Å². The van der Waals surface area contributed by atoms with Gasteiger partial charge in [0.1, 0.15) is 0 Å². The van der Waals surface area contributed by atoms with Crippen LogP contribution in [0.15, 0.2) is 30.9 Å². The SMILES string of the molecule is Cc1ccc(-n2cncc2C2CNC2)cn1. The maximum atomic E-state index is 4.32. The summed E-state index contributed by atoms with van der Waals surface area (Å²) in [5, 5.41) is 3.28. The van der Waals surface area contributed by atoms with Crippen LogP contribution in [0.4, 0.5) is 0 Å². The van der Waals surface area contributed by atoms with Crippen molar-refractivity contribution in [1.82, 2.24) is 19.9 Å². The Morgan fingerprint density at radius 1 is 1.31 bits per heavy atom. The second-order valence-electron chi connectivity index (χ2n) is 4.20. The van der Waals surface area contributed by atoms with E-state index in [9.17, 15) is 0 Å². The molecule has 2 aromatic rings. The Bertz CT molecular complexity index is 482. The van der Waals surface area contributed by atoms with Crippen LogP contribution in [0.25, 0.3) is 5.69 Å². The predicted molar refractivity (Wildman–Crippen MR) is 61.7 cm³/mol. The van der Waals surface area contributed by atoms with E-state index in [1.807, 2.05) is 31.7 Å². The highest BCUT2D eigenvalue weighted by molar-refractivity contribution is 5.33. The zero-order valence-corrected chi connectivity index (χ0v) is 9.22. The number of rotatable bonds is 2. The molecule has 1 N–H and O–H groups in total. The van der Waals surface area contributed by atoms with Crippen LogP contribution in [0.5, 0.6) is 0 Å². The molecule has 0 atom stereocenters. The summed E-state index contributed by atoms with van der Waals surface area (Å²) >= 11 is 0. The molecule has 0 aliphatic carbocycles. The number of aromatic nitrogens is 3. The standard InChI is InChI=1S/C12H14N4/c1-9-2-3-11(6-15-9)16-8-14-7-12(16)10-4-13-5-10/h2-3,6-8,10,13H,4-5H2,1H3. The first kappa shape index (κ1) is 9.54. The van der Waals surface area contributed by atoms with Gasteiger partial charge in [0.15, 0.2) is 0 Å². The second kappa shape index (κ2) is 3.72. The lowest BCUT2D eigenvalue weighted by Crippen LogP contribution is -2.40. The smallest absolute Gasteiger partial charge is 0.0994 e. The van der Waals surface area contributed by atoms with Gasteiger partial charge >= 0.3 is 0 Å². The van der Waals surface area contributed by atoms with Crippen LogP contribution in [0.2, 0.25) is 0 Å². The van der Waals surface area contributed by atoms with Crippen LogP contribution in [0, 0.1) is 6.92 Å². The van der Waals surface area contributed by atoms with E-state index in [-0.39, 0.29) is 0 Å². The van der Waals surface area contributed by atoms with Crippen molar-refractivity contribution >= 4 is 0 Å². The van der Waals surface area contributed by atoms with Crippen LogP contribution in [0.1, 0.15) is 17.3 Å². The van der Waals surface area contributed by atoms with Crippen LogP contribution >= 0.6 is 0 Å². The number of aryl methyl sites for hydroxylation is 1. The largest absolute Gasteiger partial charge is 0.315 e. The van der Waals surface area contributed by atoms with Crippen molar-refractivity contribution < 1.29 is 0 Å². The van der Waals surface area contributed by atoms with E-state index in [2.05, 4.69) is 25.9 Å². The third kappa shape index (κ3) is 1.51. The molecule has 0 spiro atoms. The summed E-state index contributed by atoms with van der Waals surface area (Å²) in [4.78, 5) is 8.55. The Morgan fingerprint density at radius 2 is 2.19 bits per heavy atom. The first-order chi connectivity index (χ1) is 7.84. The minimum atomic E-state index is 0.587. The van der Waals surface area contributed by atoms with Gasteiger partial charge in [-0.05, 0) is 19.1 Å². The van der Waals surface area contributed by atoms with E-state index in [0.29, 0.717) is 5.92 Å². The molecule has 0 bridgehead atoms. The minimum absolute atomic E-state index is 0.587. The molecule has 1 aliphatic heterocycles. The maximum Gasteiger partial charge on any atom is 0.0994 e. The van der Waals surface area contributed by atoms with Gasteiger partial charge in [0, 0.05) is 36.6 Å². The monoisotopic (exact) mass is 214 g/mol. The van der Waals surface area contributed by atoms with Crippen molar-refractivity contribution in [2.24, 2.45) is 0 Å². The Balaban J connectivity index is 1.99. The number of hydrogen-bond acceptors (Lipinski definition) is 3. The van der Waals surface area contributed by atoms with Crippen LogP contribution in [0.3, 0.4) is 0 Å². The summed E-state index contributed by atoms with van der Waals surface area (Å²) in [6.45, 7) is 4.09. The Hall–Kier alpha value is -1.68. The zero-order valence-electron chi connectivity index (χ0n) is 9.22. The number of hydrogen-bond donors (Lipinski definition) is 1. The molecule has 16 heavy (non-hydrogen) atoms. The molecular weight excluding hydrogens is 200 g/mol. The average Bonchev–Trinajstić information content (AvgIpc) is 2.65. The van der Waals surface area contributed by atoms with Crippen LogP contribution in [-0.4, -0.2) is 27.6 Å². The summed E-state index contributed by atoms with van der Waals surface area (Å²) in [6.07, 6.45) is 5.71. The molecule has 0 saturated carbocycles. The fraction of sp³-hybridized carbons (Fsp3) is 0.333. The van der Waals surface area contributed by atoms with Crippen LogP contribution < -0.4 is 5.32 Å². The van der Waals surface area contributed by atoms with Gasteiger partial charge in [-0.3, -0.25) is 4.98 Å². The van der Waals surface area contributed by atoms with Gasteiger partial charge in [0.25, 0.3) is 0 Å². The van der Waals surface area contributed by atoms with E-state index < -0.39 is 0 Å². The highest BCUT2D eigenvalue weighted by Crippen LogP contribution is 2.22. The highest BCUT2D eigenvalue weighted by Gasteiger charge is 2.22. The molecule has 0 unspecified atom stereocenters. The van der Waals surface area contributed by atoms with Crippen molar-refractivity contribution in [3.63, 3.8) is 0 Å². The lowest BCUT2D eigenvalue weighted by molar-refractivity contribution is 0.435. The lowest BCUT2D eigenvalue weighted by atomic mass is 10.00. The predicted octanol–water partition coefficient (Wildman–Crippen LogP) is 1.26. The van der Waals surface area contributed by atoms with Crippen molar-refractivity contribution in [2.75, 3.05) is 13.1 Å². The van der Waals surface area contributed by atoms with Crippen molar-refractivity contribution in [2.45, 2.75) is 12.8 Å². The summed E-state index contributed by atoms with van der Waals surface area (Å²) in [6, 6.07) is 4.11. The van der Waals surface area contributed by atoms with Gasteiger partial charge in [-0.2, -0.15) is 0 Å². The molecule has 4 heteroatoms. The molecule has 1 fully saturated rings. The van der Waals surface area contributed by atoms with Crippen molar-refractivity contribution in [3.05, 3.63) is 42.2 Å². The Morgan fingerprint density at radius 3 is 2.81 bits per heavy atom. The Labute approximate surface area is 94.4 Å². The average molecular weight is 214 g/mol. The van der Waals surface area contributed by atoms with E-state index in [0.717, 1.165) is 24.5 Å². The summed E-state index contributed by atoms with van der Waals surface area (Å²) < 4.78 is 2.12. The molecule has 1 saturated heterocycles. The quantitative estimate of drug-likeness (QED) is 0.818. The summed E-state index contributed by atoms with van der Waals surface area (Å²) in [7, 11) is 0. The molecule has 1 aliphatic rings. The highest BCUT2D eigenvalue weighted by atomic mass is 15.1. The molecular formula is C12H14N4. The van der Waals surface area contributed by atoms with Gasteiger partial charge < -0.3 is 9.88 Å². The van der Waals surface area contributed by atoms with E-state index in [1.54, 1.807) is 0 Å². The van der Waals surface area contributed by atoms with Gasteiger partial charge in [-0.25, -0.2) is 4.98 Å². The minimum Gasteiger partial charge on any atom is -0.315 e. The number of imidazole rings is 1. The number of pyridine rings is 1. The molecule has 2 aromatic heterocycles. The molecule has 3 heterocycles. The summed E-state index contributed by atoms with van der Waals surface area (Å²) in [5.41, 5.74) is 3.39. The fourth-order valence-corrected chi connectivity index (χ4v) is 1.92. The molecule has 0 radical (unpaired) electrons. The number of nitrogens with zero attached hydrogens (tertiary/aromatic N) is 3. The first-order valence-corrected chi connectivity index (χ1v) is 5.50. The van der Waals surface area contributed by atoms with E-state index in [4.69, 9.17) is 0 Å². The fourth-order valence-electron chi connectivity index (χ4n) is 1.92. The van der Waals surface area contributed by atoms with Gasteiger partial charge in [0.05, 0.1) is 18.2 Å². The van der Waals surface area contributed by atoms with Crippen molar-refractivity contribution in [1.29, 1.82) is 0 Å². The first-order valence-electron chi connectivity index (χ1n) is 5.50. The number of nitrogens with one attached hydrogen (secondary N) is 1. The topological polar surface area (TPSA) is 42.7 Å².